The number of anilines is 1. The third-order valence-corrected chi connectivity index (χ3v) is 4.51. The van der Waals surface area contributed by atoms with Crippen LogP contribution in [0.2, 0.25) is 0 Å². The van der Waals surface area contributed by atoms with Crippen molar-refractivity contribution in [2.24, 2.45) is 0 Å². The summed E-state index contributed by atoms with van der Waals surface area (Å²) in [4.78, 5) is 18.9. The molecule has 1 amide bonds. The summed E-state index contributed by atoms with van der Waals surface area (Å²) in [5.74, 6) is -0.347. The third-order valence-electron chi connectivity index (χ3n) is 4.51. The number of hydrogen-bond donors (Lipinski definition) is 2. The zero-order valence-electron chi connectivity index (χ0n) is 15.4. The van der Waals surface area contributed by atoms with Gasteiger partial charge >= 0.3 is 0 Å². The number of fused-ring (bicyclic) bond motifs is 1. The molecule has 0 bridgehead atoms. The summed E-state index contributed by atoms with van der Waals surface area (Å²) in [6.45, 7) is 1.47. The Morgan fingerprint density at radius 1 is 1.11 bits per heavy atom. The van der Waals surface area contributed by atoms with Crippen LogP contribution < -0.4 is 10.1 Å². The highest BCUT2D eigenvalue weighted by Crippen LogP contribution is 2.37. The minimum absolute atomic E-state index is 0.128. The highest BCUT2D eigenvalue weighted by Gasteiger charge is 2.15. The van der Waals surface area contributed by atoms with Crippen molar-refractivity contribution in [3.63, 3.8) is 0 Å². The summed E-state index contributed by atoms with van der Waals surface area (Å²) in [7, 11) is 1.45. The molecule has 28 heavy (non-hydrogen) atoms. The molecular formula is C22H18FN3O2. The number of pyridine rings is 1. The molecule has 4 rings (SSSR count). The first kappa shape index (κ1) is 17.7. The molecule has 4 aromatic rings. The van der Waals surface area contributed by atoms with Gasteiger partial charge in [0, 0.05) is 47.1 Å². The summed E-state index contributed by atoms with van der Waals surface area (Å²) in [6, 6.07) is 14.4. The smallest absolute Gasteiger partial charge is 0.221 e. The first-order valence-electron chi connectivity index (χ1n) is 8.75. The largest absolute Gasteiger partial charge is 0.493 e. The van der Waals surface area contributed by atoms with Gasteiger partial charge in [0.2, 0.25) is 5.91 Å². The molecule has 2 heterocycles. The monoisotopic (exact) mass is 375 g/mol. The number of aromatic amines is 1. The SMILES string of the molecule is COc1c(F)cccc1-c1c[nH]c2ncc(-c3cccc(NC(C)=O)c3)cc12. The van der Waals surface area contributed by atoms with Crippen molar-refractivity contribution in [1.29, 1.82) is 0 Å². The highest BCUT2D eigenvalue weighted by atomic mass is 19.1. The number of hydrogen-bond acceptors (Lipinski definition) is 3. The van der Waals surface area contributed by atoms with E-state index in [0.29, 0.717) is 16.9 Å². The fourth-order valence-corrected chi connectivity index (χ4v) is 3.29. The molecule has 0 aliphatic carbocycles. The minimum Gasteiger partial charge on any atom is -0.493 e. The van der Waals surface area contributed by atoms with Gasteiger partial charge in [-0.3, -0.25) is 4.79 Å². The molecule has 2 aromatic heterocycles. The molecule has 0 saturated heterocycles. The van der Waals surface area contributed by atoms with Crippen LogP contribution >= 0.6 is 0 Å². The van der Waals surface area contributed by atoms with E-state index in [1.807, 2.05) is 36.4 Å². The zero-order chi connectivity index (χ0) is 19.7. The van der Waals surface area contributed by atoms with E-state index in [1.54, 1.807) is 18.5 Å². The topological polar surface area (TPSA) is 67.0 Å². The van der Waals surface area contributed by atoms with Crippen LogP contribution in [-0.4, -0.2) is 23.0 Å². The van der Waals surface area contributed by atoms with Gasteiger partial charge in [-0.1, -0.05) is 24.3 Å². The standard InChI is InChI=1S/C22H18FN3O2/c1-13(27)26-16-6-3-5-14(9-16)15-10-18-19(12-25-22(18)24-11-15)17-7-4-8-20(23)21(17)28-2/h3-12H,1-2H3,(H,24,25)(H,26,27). The Bertz CT molecular complexity index is 1180. The van der Waals surface area contributed by atoms with E-state index < -0.39 is 5.82 Å². The maximum Gasteiger partial charge on any atom is 0.221 e. The zero-order valence-corrected chi connectivity index (χ0v) is 15.4. The summed E-state index contributed by atoms with van der Waals surface area (Å²) in [5.41, 5.74) is 4.67. The highest BCUT2D eigenvalue weighted by molar-refractivity contribution is 5.97. The van der Waals surface area contributed by atoms with Crippen molar-refractivity contribution < 1.29 is 13.9 Å². The van der Waals surface area contributed by atoms with Crippen LogP contribution in [-0.2, 0) is 4.79 Å². The number of methoxy groups -OCH3 is 1. The van der Waals surface area contributed by atoms with Gasteiger partial charge in [-0.25, -0.2) is 9.37 Å². The second-order valence-electron chi connectivity index (χ2n) is 6.41. The number of nitrogens with zero attached hydrogens (tertiary/aromatic N) is 1. The lowest BCUT2D eigenvalue weighted by molar-refractivity contribution is -0.114. The van der Waals surface area contributed by atoms with E-state index >= 15 is 0 Å². The lowest BCUT2D eigenvalue weighted by atomic mass is 10.0. The second-order valence-corrected chi connectivity index (χ2v) is 6.41. The van der Waals surface area contributed by atoms with Gasteiger partial charge in [0.05, 0.1) is 7.11 Å². The van der Waals surface area contributed by atoms with E-state index in [9.17, 15) is 9.18 Å². The van der Waals surface area contributed by atoms with Crippen molar-refractivity contribution in [3.05, 3.63) is 66.7 Å². The van der Waals surface area contributed by atoms with Crippen LogP contribution in [0.1, 0.15) is 6.92 Å². The van der Waals surface area contributed by atoms with E-state index in [0.717, 1.165) is 22.1 Å². The molecule has 0 unspecified atom stereocenters. The van der Waals surface area contributed by atoms with Crippen LogP contribution in [0, 0.1) is 5.82 Å². The normalized spacial score (nSPS) is 10.8. The third kappa shape index (κ3) is 3.20. The minimum atomic E-state index is -0.415. The van der Waals surface area contributed by atoms with Gasteiger partial charge in [-0.15, -0.1) is 0 Å². The average Bonchev–Trinajstić information content (AvgIpc) is 3.10. The van der Waals surface area contributed by atoms with E-state index in [2.05, 4.69) is 15.3 Å². The fraction of sp³-hybridized carbons (Fsp3) is 0.0909. The molecule has 6 heteroatoms. The number of benzene rings is 2. The van der Waals surface area contributed by atoms with Crippen molar-refractivity contribution >= 4 is 22.6 Å². The van der Waals surface area contributed by atoms with Gasteiger partial charge < -0.3 is 15.0 Å². The molecule has 2 aromatic carbocycles. The molecule has 0 saturated carbocycles. The number of amides is 1. The molecule has 2 N–H and O–H groups in total. The maximum absolute atomic E-state index is 14.1. The summed E-state index contributed by atoms with van der Waals surface area (Å²) in [5, 5.41) is 3.64. The summed E-state index contributed by atoms with van der Waals surface area (Å²) in [6.07, 6.45) is 3.56. The van der Waals surface area contributed by atoms with Gasteiger partial charge in [-0.05, 0) is 29.8 Å². The first-order chi connectivity index (χ1) is 13.6. The number of halogens is 1. The number of rotatable bonds is 4. The average molecular weight is 375 g/mol. The Hall–Kier alpha value is -3.67. The van der Waals surface area contributed by atoms with E-state index in [-0.39, 0.29) is 11.7 Å². The Morgan fingerprint density at radius 2 is 1.93 bits per heavy atom. The molecule has 5 nitrogen and oxygen atoms in total. The molecule has 0 radical (unpaired) electrons. The number of nitrogens with one attached hydrogen (secondary N) is 2. The van der Waals surface area contributed by atoms with Crippen molar-refractivity contribution in [2.75, 3.05) is 12.4 Å². The number of para-hydroxylation sites is 1. The van der Waals surface area contributed by atoms with Gasteiger partial charge in [0.15, 0.2) is 11.6 Å². The molecule has 140 valence electrons. The van der Waals surface area contributed by atoms with Crippen LogP contribution in [0.25, 0.3) is 33.3 Å². The lowest BCUT2D eigenvalue weighted by Gasteiger charge is -2.09. The fourth-order valence-electron chi connectivity index (χ4n) is 3.29. The van der Waals surface area contributed by atoms with Crippen LogP contribution in [0.5, 0.6) is 5.75 Å². The summed E-state index contributed by atoms with van der Waals surface area (Å²) < 4.78 is 19.4. The van der Waals surface area contributed by atoms with Crippen LogP contribution in [0.3, 0.4) is 0 Å². The van der Waals surface area contributed by atoms with Crippen molar-refractivity contribution in [2.45, 2.75) is 6.92 Å². The molecule has 0 fully saturated rings. The lowest BCUT2D eigenvalue weighted by Crippen LogP contribution is -2.05. The van der Waals surface area contributed by atoms with Gasteiger partial charge in [0.25, 0.3) is 0 Å². The Labute approximate surface area is 161 Å². The van der Waals surface area contributed by atoms with Crippen molar-refractivity contribution in [3.8, 4) is 28.0 Å². The van der Waals surface area contributed by atoms with Gasteiger partial charge in [-0.2, -0.15) is 0 Å². The summed E-state index contributed by atoms with van der Waals surface area (Å²) >= 11 is 0. The predicted octanol–water partition coefficient (Wildman–Crippen LogP) is 5.00. The maximum atomic E-state index is 14.1. The Kier molecular flexibility index (Phi) is 4.53. The molecule has 0 spiro atoms. The van der Waals surface area contributed by atoms with Gasteiger partial charge in [0.1, 0.15) is 5.65 Å². The Morgan fingerprint density at radius 3 is 2.71 bits per heavy atom. The molecule has 0 aliphatic heterocycles. The number of ether oxygens (including phenoxy) is 1. The molecule has 0 atom stereocenters. The van der Waals surface area contributed by atoms with E-state index in [1.165, 1.54) is 20.1 Å². The number of carbonyl (C=O) groups is 1. The Balaban J connectivity index is 1.84. The predicted molar refractivity (Wildman–Crippen MR) is 108 cm³/mol. The quantitative estimate of drug-likeness (QED) is 0.527. The second kappa shape index (κ2) is 7.15. The number of carbonyl (C=O) groups excluding carboxylic acids is 1. The first-order valence-corrected chi connectivity index (χ1v) is 8.75. The molecule has 0 aliphatic rings. The number of aromatic nitrogens is 2. The number of H-pyrrole nitrogens is 1. The van der Waals surface area contributed by atoms with Crippen LogP contribution in [0.15, 0.2) is 60.9 Å². The van der Waals surface area contributed by atoms with E-state index in [4.69, 9.17) is 4.74 Å². The van der Waals surface area contributed by atoms with Crippen molar-refractivity contribution in [1.82, 2.24) is 9.97 Å². The molecular weight excluding hydrogens is 357 g/mol. The van der Waals surface area contributed by atoms with Crippen LogP contribution in [0.4, 0.5) is 10.1 Å².